The lowest BCUT2D eigenvalue weighted by atomic mass is 9.45. The number of hydrogen-bond donors (Lipinski definition) is 4. The summed E-state index contributed by atoms with van der Waals surface area (Å²) in [7, 11) is 0. The molecule has 0 aliphatic heterocycles. The van der Waals surface area contributed by atoms with Crippen molar-refractivity contribution in [1.29, 1.82) is 0 Å². The van der Waals surface area contributed by atoms with E-state index >= 15 is 0 Å². The Bertz CT molecular complexity index is 923. The number of fused-ring (bicyclic) bond motifs is 5. The summed E-state index contributed by atoms with van der Waals surface area (Å²) in [5.74, 6) is -3.55. The van der Waals surface area contributed by atoms with Crippen LogP contribution >= 0.6 is 0 Å². The molecular weight excluding hydrogens is 416 g/mol. The predicted octanol–water partition coefficient (Wildman–Crippen LogP) is 0.316. The van der Waals surface area contributed by atoms with Gasteiger partial charge in [0.15, 0.2) is 12.4 Å². The summed E-state index contributed by atoms with van der Waals surface area (Å²) in [4.78, 5) is 36.3. The number of ketones is 2. The molecule has 4 rings (SSSR count). The molecule has 0 unspecified atom stereocenters. The van der Waals surface area contributed by atoms with Crippen LogP contribution in [0.4, 0.5) is 0 Å². The molecule has 0 amide bonds. The standard InChI is InChI=1S/C24H32O8/c1-11-7-14-18-19(22(3)6-5-13(26)8-15(22)20(29)21(18)30)16(27)9-23(14,4)24(11,31)17(28)10-32-12(2)25/h5-6,8,11,14,16,18-21,27,29-31H,7,9-10H2,1-4H3/t11-,14+,16+,18+,19+,20+,21-,22+,23+,24+/m1/s1. The Morgan fingerprint density at radius 2 is 1.88 bits per heavy atom. The van der Waals surface area contributed by atoms with Crippen molar-refractivity contribution in [3.63, 3.8) is 0 Å². The molecule has 4 N–H and O–H groups in total. The second-order valence-electron chi connectivity index (χ2n) is 10.6. The Labute approximate surface area is 187 Å². The molecule has 4 aliphatic carbocycles. The fraction of sp³-hybridized carbons (Fsp3) is 0.708. The van der Waals surface area contributed by atoms with Crippen LogP contribution < -0.4 is 0 Å². The van der Waals surface area contributed by atoms with Crippen LogP contribution in [0, 0.1) is 34.5 Å². The first-order chi connectivity index (χ1) is 14.8. The summed E-state index contributed by atoms with van der Waals surface area (Å²) < 4.78 is 4.87. The smallest absolute Gasteiger partial charge is 0.303 e. The SMILES string of the molecule is CC(=O)OCC(=O)[C@@]1(O)[C@H](C)C[C@H]2[C@@H]3[C@@H](O)[C@@H](O)C4=CC(=O)C=C[C@]4(C)[C@H]3[C@@H](O)C[C@@]21C. The van der Waals surface area contributed by atoms with Crippen LogP contribution in [0.1, 0.15) is 40.5 Å². The van der Waals surface area contributed by atoms with E-state index < -0.39 is 70.9 Å². The van der Waals surface area contributed by atoms with Gasteiger partial charge < -0.3 is 25.2 Å². The molecule has 0 radical (unpaired) electrons. The number of Topliss-reactive ketones (excluding diaryl/α,β-unsaturated/α-hetero) is 1. The van der Waals surface area contributed by atoms with Crippen molar-refractivity contribution in [2.24, 2.45) is 34.5 Å². The van der Waals surface area contributed by atoms with Gasteiger partial charge in [-0.25, -0.2) is 0 Å². The largest absolute Gasteiger partial charge is 0.458 e. The van der Waals surface area contributed by atoms with Gasteiger partial charge in [-0.2, -0.15) is 0 Å². The first-order valence-corrected chi connectivity index (χ1v) is 11.2. The van der Waals surface area contributed by atoms with Gasteiger partial charge in [0.2, 0.25) is 5.78 Å². The number of carbonyl (C=O) groups excluding carboxylic acids is 3. The van der Waals surface area contributed by atoms with Crippen LogP contribution in [-0.2, 0) is 19.1 Å². The highest BCUT2D eigenvalue weighted by Crippen LogP contribution is 2.68. The van der Waals surface area contributed by atoms with Gasteiger partial charge in [0.05, 0.1) is 12.2 Å². The number of aliphatic hydroxyl groups excluding tert-OH is 3. The second kappa shape index (κ2) is 7.32. The van der Waals surface area contributed by atoms with Crippen molar-refractivity contribution >= 4 is 17.5 Å². The molecule has 0 bridgehead atoms. The quantitative estimate of drug-likeness (QED) is 0.452. The molecule has 0 spiro atoms. The summed E-state index contributed by atoms with van der Waals surface area (Å²) in [5.41, 5.74) is -3.42. The summed E-state index contributed by atoms with van der Waals surface area (Å²) in [5, 5.41) is 45.2. The molecule has 0 saturated heterocycles. The Hall–Kier alpha value is -1.87. The topological polar surface area (TPSA) is 141 Å². The molecular formula is C24H32O8. The first-order valence-electron chi connectivity index (χ1n) is 11.2. The number of ether oxygens (including phenoxy) is 1. The third-order valence-corrected chi connectivity index (χ3v) is 9.01. The van der Waals surface area contributed by atoms with Crippen molar-refractivity contribution in [2.45, 2.75) is 64.4 Å². The summed E-state index contributed by atoms with van der Waals surface area (Å²) in [6.45, 7) is 5.94. The molecule has 8 nitrogen and oxygen atoms in total. The molecule has 4 aliphatic rings. The number of aliphatic hydroxyl groups is 4. The number of rotatable bonds is 3. The minimum atomic E-state index is -1.86. The van der Waals surface area contributed by atoms with Gasteiger partial charge in [0, 0.05) is 23.7 Å². The normalized spacial score (nSPS) is 49.6. The number of hydrogen-bond acceptors (Lipinski definition) is 8. The lowest BCUT2D eigenvalue weighted by molar-refractivity contribution is -0.207. The van der Waals surface area contributed by atoms with Crippen LogP contribution in [-0.4, -0.2) is 68.5 Å². The van der Waals surface area contributed by atoms with Gasteiger partial charge in [-0.05, 0) is 48.3 Å². The minimum absolute atomic E-state index is 0.0962. The average Bonchev–Trinajstić information content (AvgIpc) is 2.92. The van der Waals surface area contributed by atoms with Gasteiger partial charge in [0.25, 0.3) is 0 Å². The highest BCUT2D eigenvalue weighted by molar-refractivity contribution is 6.01. The fourth-order valence-electron chi connectivity index (χ4n) is 7.54. The van der Waals surface area contributed by atoms with Crippen LogP contribution in [0.15, 0.2) is 23.8 Å². The monoisotopic (exact) mass is 448 g/mol. The molecule has 0 aromatic heterocycles. The zero-order valence-corrected chi connectivity index (χ0v) is 18.8. The Balaban J connectivity index is 1.78. The summed E-state index contributed by atoms with van der Waals surface area (Å²) >= 11 is 0. The number of esters is 1. The molecule has 0 aromatic rings. The maximum atomic E-state index is 13.1. The van der Waals surface area contributed by atoms with E-state index in [0.717, 1.165) is 0 Å². The summed E-state index contributed by atoms with van der Waals surface area (Å²) in [6, 6.07) is 0. The number of carbonyl (C=O) groups is 3. The maximum Gasteiger partial charge on any atom is 0.303 e. The average molecular weight is 449 g/mol. The molecule has 3 fully saturated rings. The van der Waals surface area contributed by atoms with Gasteiger partial charge >= 0.3 is 5.97 Å². The molecule has 176 valence electrons. The maximum absolute atomic E-state index is 13.1. The third-order valence-electron chi connectivity index (χ3n) is 9.01. The molecule has 10 atom stereocenters. The lowest BCUT2D eigenvalue weighted by Gasteiger charge is -2.61. The van der Waals surface area contributed by atoms with Crippen molar-refractivity contribution in [1.82, 2.24) is 0 Å². The van der Waals surface area contributed by atoms with Crippen LogP contribution in [0.2, 0.25) is 0 Å². The van der Waals surface area contributed by atoms with E-state index in [1.807, 2.05) is 6.92 Å². The van der Waals surface area contributed by atoms with Gasteiger partial charge in [-0.1, -0.05) is 26.8 Å². The Morgan fingerprint density at radius 3 is 2.50 bits per heavy atom. The zero-order chi connectivity index (χ0) is 23.8. The van der Waals surface area contributed by atoms with Gasteiger partial charge in [0.1, 0.15) is 11.7 Å². The van der Waals surface area contributed by atoms with E-state index in [-0.39, 0.29) is 18.1 Å². The van der Waals surface area contributed by atoms with E-state index in [1.165, 1.54) is 19.1 Å². The van der Waals surface area contributed by atoms with E-state index in [1.54, 1.807) is 19.9 Å². The first kappa shape index (κ1) is 23.3. The predicted molar refractivity (Wildman–Crippen MR) is 112 cm³/mol. The van der Waals surface area contributed by atoms with Gasteiger partial charge in [-0.15, -0.1) is 0 Å². The second-order valence-corrected chi connectivity index (χ2v) is 10.6. The van der Waals surface area contributed by atoms with E-state index in [0.29, 0.717) is 12.0 Å². The zero-order valence-electron chi connectivity index (χ0n) is 18.8. The van der Waals surface area contributed by atoms with Crippen molar-refractivity contribution in [2.75, 3.05) is 6.61 Å². The lowest BCUT2D eigenvalue weighted by Crippen LogP contribution is -2.67. The minimum Gasteiger partial charge on any atom is -0.458 e. The third kappa shape index (κ3) is 2.86. The van der Waals surface area contributed by atoms with E-state index in [2.05, 4.69) is 0 Å². The van der Waals surface area contributed by atoms with Crippen LogP contribution in [0.5, 0.6) is 0 Å². The van der Waals surface area contributed by atoms with E-state index in [4.69, 9.17) is 4.74 Å². The Morgan fingerprint density at radius 1 is 1.22 bits per heavy atom. The van der Waals surface area contributed by atoms with Crippen LogP contribution in [0.25, 0.3) is 0 Å². The van der Waals surface area contributed by atoms with Gasteiger partial charge in [-0.3, -0.25) is 14.4 Å². The molecule has 0 aromatic carbocycles. The highest BCUT2D eigenvalue weighted by atomic mass is 16.5. The van der Waals surface area contributed by atoms with Crippen LogP contribution in [0.3, 0.4) is 0 Å². The fourth-order valence-corrected chi connectivity index (χ4v) is 7.54. The highest BCUT2D eigenvalue weighted by Gasteiger charge is 2.72. The van der Waals surface area contributed by atoms with Crippen molar-refractivity contribution < 1.29 is 39.5 Å². The van der Waals surface area contributed by atoms with Crippen molar-refractivity contribution in [3.8, 4) is 0 Å². The Kier molecular flexibility index (Phi) is 5.33. The molecule has 32 heavy (non-hydrogen) atoms. The molecule has 8 heteroatoms. The number of allylic oxidation sites excluding steroid dienone is 3. The molecule has 3 saturated carbocycles. The van der Waals surface area contributed by atoms with Crippen molar-refractivity contribution in [3.05, 3.63) is 23.8 Å². The van der Waals surface area contributed by atoms with E-state index in [9.17, 15) is 34.8 Å². The molecule has 0 heterocycles. The summed E-state index contributed by atoms with van der Waals surface area (Å²) in [6.07, 6.45) is 1.37.